The molecular weight excluding hydrogens is 266 g/mol. The van der Waals surface area contributed by atoms with Crippen molar-refractivity contribution in [1.82, 2.24) is 14.7 Å². The Morgan fingerprint density at radius 1 is 0.810 bits per heavy atom. The van der Waals surface area contributed by atoms with Crippen LogP contribution in [0.15, 0.2) is 0 Å². The van der Waals surface area contributed by atoms with Gasteiger partial charge in [0.15, 0.2) is 0 Å². The van der Waals surface area contributed by atoms with E-state index in [0.717, 1.165) is 51.4 Å². The van der Waals surface area contributed by atoms with E-state index in [4.69, 9.17) is 0 Å². The molecule has 4 rings (SSSR count). The molecule has 0 N–H and O–H groups in total. The van der Waals surface area contributed by atoms with Crippen molar-refractivity contribution >= 4 is 11.8 Å². The van der Waals surface area contributed by atoms with E-state index in [9.17, 15) is 9.59 Å². The molecule has 0 spiro atoms. The molecule has 2 amide bonds. The topological polar surface area (TPSA) is 43.9 Å². The molecule has 4 fully saturated rings. The Labute approximate surface area is 126 Å². The van der Waals surface area contributed by atoms with Gasteiger partial charge in [0.2, 0.25) is 11.8 Å². The lowest BCUT2D eigenvalue weighted by Gasteiger charge is -2.36. The summed E-state index contributed by atoms with van der Waals surface area (Å²) >= 11 is 0. The molecule has 0 radical (unpaired) electrons. The highest BCUT2D eigenvalue weighted by molar-refractivity contribution is 5.90. The van der Waals surface area contributed by atoms with Crippen LogP contribution in [0.2, 0.25) is 0 Å². The second kappa shape index (κ2) is 5.27. The molecule has 21 heavy (non-hydrogen) atoms. The van der Waals surface area contributed by atoms with E-state index < -0.39 is 0 Å². The molecule has 0 aromatic rings. The Morgan fingerprint density at radius 2 is 1.67 bits per heavy atom. The Balaban J connectivity index is 1.49. The standard InChI is InChI=1S/C16H25N3O2/c20-15-7-10-18(13-6-9-17(11-13)12-4-5-12)16(21)14-3-1-2-8-19(14)15/h12-14H,1-11H2. The molecule has 5 heteroatoms. The van der Waals surface area contributed by atoms with Crippen LogP contribution < -0.4 is 0 Å². The van der Waals surface area contributed by atoms with Crippen molar-refractivity contribution in [3.63, 3.8) is 0 Å². The van der Waals surface area contributed by atoms with Gasteiger partial charge in [0.25, 0.3) is 0 Å². The number of hydrogen-bond acceptors (Lipinski definition) is 3. The molecule has 0 aromatic carbocycles. The van der Waals surface area contributed by atoms with Gasteiger partial charge in [0, 0.05) is 44.7 Å². The summed E-state index contributed by atoms with van der Waals surface area (Å²) in [6, 6.07) is 0.960. The van der Waals surface area contributed by atoms with Crippen LogP contribution in [0.25, 0.3) is 0 Å². The minimum Gasteiger partial charge on any atom is -0.336 e. The maximum absolute atomic E-state index is 12.9. The number of fused-ring (bicyclic) bond motifs is 1. The van der Waals surface area contributed by atoms with Gasteiger partial charge in [-0.1, -0.05) is 0 Å². The fourth-order valence-electron chi connectivity index (χ4n) is 4.30. The van der Waals surface area contributed by atoms with Gasteiger partial charge in [-0.25, -0.2) is 0 Å². The summed E-state index contributed by atoms with van der Waals surface area (Å²) in [6.07, 6.45) is 7.25. The summed E-state index contributed by atoms with van der Waals surface area (Å²) in [5.41, 5.74) is 0. The maximum Gasteiger partial charge on any atom is 0.245 e. The summed E-state index contributed by atoms with van der Waals surface area (Å²) in [5, 5.41) is 0. The van der Waals surface area contributed by atoms with E-state index >= 15 is 0 Å². The summed E-state index contributed by atoms with van der Waals surface area (Å²) in [6.45, 7) is 3.56. The minimum absolute atomic E-state index is 0.163. The average molecular weight is 291 g/mol. The van der Waals surface area contributed by atoms with Crippen LogP contribution in [0.5, 0.6) is 0 Å². The van der Waals surface area contributed by atoms with Crippen LogP contribution >= 0.6 is 0 Å². The first-order valence-corrected chi connectivity index (χ1v) is 8.58. The van der Waals surface area contributed by atoms with Gasteiger partial charge >= 0.3 is 0 Å². The van der Waals surface area contributed by atoms with E-state index in [2.05, 4.69) is 9.80 Å². The summed E-state index contributed by atoms with van der Waals surface area (Å²) in [5.74, 6) is 0.413. The number of nitrogens with zero attached hydrogens (tertiary/aromatic N) is 3. The quantitative estimate of drug-likeness (QED) is 0.757. The molecule has 2 atom stereocenters. The summed E-state index contributed by atoms with van der Waals surface area (Å²) in [7, 11) is 0. The number of likely N-dealkylation sites (tertiary alicyclic amines) is 1. The molecule has 3 saturated heterocycles. The third kappa shape index (κ3) is 2.45. The van der Waals surface area contributed by atoms with E-state index in [1.165, 1.54) is 12.8 Å². The van der Waals surface area contributed by atoms with Crippen LogP contribution in [-0.2, 0) is 9.59 Å². The molecule has 2 unspecified atom stereocenters. The van der Waals surface area contributed by atoms with Crippen molar-refractivity contribution in [2.45, 2.75) is 63.1 Å². The highest BCUT2D eigenvalue weighted by atomic mass is 16.2. The normalized spacial score (nSPS) is 35.0. The zero-order chi connectivity index (χ0) is 14.4. The Kier molecular flexibility index (Phi) is 3.40. The Hall–Kier alpha value is -1.10. The van der Waals surface area contributed by atoms with Crippen LogP contribution in [0.1, 0.15) is 44.9 Å². The lowest BCUT2D eigenvalue weighted by Crippen LogP contribution is -2.52. The van der Waals surface area contributed by atoms with Crippen molar-refractivity contribution in [2.24, 2.45) is 0 Å². The van der Waals surface area contributed by atoms with E-state index in [1.54, 1.807) is 0 Å². The first-order valence-electron chi connectivity index (χ1n) is 8.58. The van der Waals surface area contributed by atoms with Gasteiger partial charge in [0.1, 0.15) is 6.04 Å². The smallest absolute Gasteiger partial charge is 0.245 e. The SMILES string of the molecule is O=C1C2CCCCN2C(=O)CCN1C1CCN(C2CC2)C1. The maximum atomic E-state index is 12.9. The first-order chi connectivity index (χ1) is 10.2. The zero-order valence-corrected chi connectivity index (χ0v) is 12.7. The lowest BCUT2D eigenvalue weighted by atomic mass is 10.0. The highest BCUT2D eigenvalue weighted by Gasteiger charge is 2.43. The van der Waals surface area contributed by atoms with Gasteiger partial charge in [0.05, 0.1) is 0 Å². The average Bonchev–Trinajstić information content (AvgIpc) is 3.27. The monoisotopic (exact) mass is 291 g/mol. The first kappa shape index (κ1) is 13.6. The summed E-state index contributed by atoms with van der Waals surface area (Å²) < 4.78 is 0. The number of hydrogen-bond donors (Lipinski definition) is 0. The van der Waals surface area contributed by atoms with Crippen LogP contribution in [-0.4, -0.2) is 70.8 Å². The molecule has 3 aliphatic heterocycles. The van der Waals surface area contributed by atoms with Gasteiger partial charge in [-0.2, -0.15) is 0 Å². The zero-order valence-electron chi connectivity index (χ0n) is 12.7. The molecule has 1 aliphatic carbocycles. The van der Waals surface area contributed by atoms with Gasteiger partial charge < -0.3 is 9.80 Å². The lowest BCUT2D eigenvalue weighted by molar-refractivity contribution is -0.144. The second-order valence-corrected chi connectivity index (χ2v) is 7.05. The number of piperidine rings is 1. The molecule has 1 saturated carbocycles. The van der Waals surface area contributed by atoms with Crippen LogP contribution in [0.4, 0.5) is 0 Å². The Bertz CT molecular complexity index is 449. The highest BCUT2D eigenvalue weighted by Crippen LogP contribution is 2.32. The van der Waals surface area contributed by atoms with Crippen LogP contribution in [0, 0.1) is 0 Å². The molecule has 3 heterocycles. The van der Waals surface area contributed by atoms with E-state index in [-0.39, 0.29) is 17.9 Å². The summed E-state index contributed by atoms with van der Waals surface area (Å²) in [4.78, 5) is 31.6. The molecule has 4 aliphatic rings. The molecule has 0 aromatic heterocycles. The molecular formula is C16H25N3O2. The van der Waals surface area contributed by atoms with Gasteiger partial charge in [-0.05, 0) is 38.5 Å². The second-order valence-electron chi connectivity index (χ2n) is 7.05. The van der Waals surface area contributed by atoms with E-state index in [1.807, 2.05) is 4.90 Å². The number of rotatable bonds is 2. The third-order valence-electron chi connectivity index (χ3n) is 5.66. The number of amides is 2. The van der Waals surface area contributed by atoms with Gasteiger partial charge in [-0.3, -0.25) is 14.5 Å². The van der Waals surface area contributed by atoms with Crippen LogP contribution in [0.3, 0.4) is 0 Å². The third-order valence-corrected chi connectivity index (χ3v) is 5.66. The minimum atomic E-state index is -0.163. The largest absolute Gasteiger partial charge is 0.336 e. The number of carbonyl (C=O) groups is 2. The van der Waals surface area contributed by atoms with E-state index in [0.29, 0.717) is 19.0 Å². The fourth-order valence-corrected chi connectivity index (χ4v) is 4.30. The Morgan fingerprint density at radius 3 is 2.48 bits per heavy atom. The van der Waals surface area contributed by atoms with Crippen molar-refractivity contribution < 1.29 is 9.59 Å². The van der Waals surface area contributed by atoms with Crippen molar-refractivity contribution in [3.05, 3.63) is 0 Å². The molecule has 0 bridgehead atoms. The fraction of sp³-hybridized carbons (Fsp3) is 0.875. The molecule has 116 valence electrons. The molecule has 5 nitrogen and oxygen atoms in total. The van der Waals surface area contributed by atoms with Crippen molar-refractivity contribution in [2.75, 3.05) is 26.2 Å². The van der Waals surface area contributed by atoms with Crippen molar-refractivity contribution in [1.29, 1.82) is 0 Å². The predicted octanol–water partition coefficient (Wildman–Crippen LogP) is 0.837. The van der Waals surface area contributed by atoms with Crippen molar-refractivity contribution in [3.8, 4) is 0 Å². The van der Waals surface area contributed by atoms with Gasteiger partial charge in [-0.15, -0.1) is 0 Å². The number of carbonyl (C=O) groups excluding carboxylic acids is 2. The predicted molar refractivity (Wildman–Crippen MR) is 78.7 cm³/mol.